The summed E-state index contributed by atoms with van der Waals surface area (Å²) in [5.74, 6) is 1.43. The van der Waals surface area contributed by atoms with Crippen molar-refractivity contribution in [2.45, 2.75) is 13.8 Å². The minimum Gasteiger partial charge on any atom is -0.334 e. The van der Waals surface area contributed by atoms with Crippen molar-refractivity contribution in [2.75, 3.05) is 5.32 Å². The van der Waals surface area contributed by atoms with Crippen molar-refractivity contribution in [3.05, 3.63) is 66.1 Å². The summed E-state index contributed by atoms with van der Waals surface area (Å²) in [6, 6.07) is 13.3. The monoisotopic (exact) mass is 344 g/mol. The fourth-order valence-electron chi connectivity index (χ4n) is 2.47. The average Bonchev–Trinajstić information content (AvgIpc) is 3.12. The van der Waals surface area contributed by atoms with E-state index in [1.54, 1.807) is 12.4 Å². The fraction of sp³-hybridized carbons (Fsp3) is 0.105. The van der Waals surface area contributed by atoms with Gasteiger partial charge in [0.15, 0.2) is 0 Å². The lowest BCUT2D eigenvalue weighted by atomic mass is 10.2. The molecule has 4 aromatic rings. The van der Waals surface area contributed by atoms with E-state index in [0.717, 1.165) is 22.5 Å². The van der Waals surface area contributed by atoms with Crippen LogP contribution >= 0.6 is 0 Å². The summed E-state index contributed by atoms with van der Waals surface area (Å²) in [4.78, 5) is 17.3. The van der Waals surface area contributed by atoms with Gasteiger partial charge in [-0.3, -0.25) is 4.98 Å². The normalized spacial score (nSPS) is 10.7. The van der Waals surface area contributed by atoms with Crippen molar-refractivity contribution in [3.8, 4) is 23.0 Å². The van der Waals surface area contributed by atoms with Crippen LogP contribution in [0, 0.1) is 13.8 Å². The Kier molecular flexibility index (Phi) is 4.10. The first-order valence-corrected chi connectivity index (χ1v) is 8.11. The number of nitrogens with one attached hydrogen (secondary N) is 1. The number of hydrogen-bond donors (Lipinski definition) is 1. The zero-order valence-corrected chi connectivity index (χ0v) is 14.3. The van der Waals surface area contributed by atoms with E-state index in [1.807, 2.05) is 56.3 Å². The van der Waals surface area contributed by atoms with Gasteiger partial charge in [-0.2, -0.15) is 4.98 Å². The van der Waals surface area contributed by atoms with Crippen LogP contribution < -0.4 is 5.32 Å². The van der Waals surface area contributed by atoms with Gasteiger partial charge in [0.25, 0.3) is 5.89 Å². The van der Waals surface area contributed by atoms with E-state index in [-0.39, 0.29) is 0 Å². The van der Waals surface area contributed by atoms with Crippen LogP contribution in [0.2, 0.25) is 0 Å². The molecule has 0 saturated heterocycles. The maximum absolute atomic E-state index is 5.41. The largest absolute Gasteiger partial charge is 0.334 e. The molecule has 7 nitrogen and oxygen atoms in total. The van der Waals surface area contributed by atoms with Gasteiger partial charge in [0, 0.05) is 29.3 Å². The van der Waals surface area contributed by atoms with Gasteiger partial charge in [-0.1, -0.05) is 11.2 Å². The van der Waals surface area contributed by atoms with E-state index in [0.29, 0.717) is 23.4 Å². The molecule has 0 amide bonds. The van der Waals surface area contributed by atoms with Crippen LogP contribution in [-0.2, 0) is 0 Å². The first kappa shape index (κ1) is 15.9. The summed E-state index contributed by atoms with van der Waals surface area (Å²) in [5.41, 5.74) is 4.30. The van der Waals surface area contributed by atoms with Crippen LogP contribution in [0.5, 0.6) is 0 Å². The molecule has 3 heterocycles. The second kappa shape index (κ2) is 6.72. The Bertz CT molecular complexity index is 1060. The molecule has 0 spiro atoms. The minimum absolute atomic E-state index is 0.428. The van der Waals surface area contributed by atoms with Gasteiger partial charge < -0.3 is 9.84 Å². The molecule has 0 atom stereocenters. The molecular formula is C19H16N6O. The van der Waals surface area contributed by atoms with E-state index < -0.39 is 0 Å². The van der Waals surface area contributed by atoms with Crippen molar-refractivity contribution in [1.29, 1.82) is 0 Å². The molecule has 4 rings (SSSR count). The molecule has 0 saturated carbocycles. The third-order valence-electron chi connectivity index (χ3n) is 3.73. The SMILES string of the molecule is Cc1ccnc(-c2noc(-c3cccc(Nc4nccc(C)n4)c3)n2)c1. The number of hydrogen-bond acceptors (Lipinski definition) is 7. The van der Waals surface area contributed by atoms with Crippen LogP contribution in [0.4, 0.5) is 11.6 Å². The highest BCUT2D eigenvalue weighted by molar-refractivity contribution is 5.65. The van der Waals surface area contributed by atoms with Crippen molar-refractivity contribution >= 4 is 11.6 Å². The summed E-state index contributed by atoms with van der Waals surface area (Å²) < 4.78 is 5.41. The Balaban J connectivity index is 1.61. The van der Waals surface area contributed by atoms with Crippen molar-refractivity contribution in [3.63, 3.8) is 0 Å². The summed E-state index contributed by atoms with van der Waals surface area (Å²) in [7, 11) is 0. The molecule has 3 aromatic heterocycles. The second-order valence-corrected chi connectivity index (χ2v) is 5.87. The van der Waals surface area contributed by atoms with Crippen LogP contribution in [-0.4, -0.2) is 25.1 Å². The number of aryl methyl sites for hydroxylation is 2. The van der Waals surface area contributed by atoms with E-state index in [2.05, 4.69) is 30.4 Å². The highest BCUT2D eigenvalue weighted by Gasteiger charge is 2.12. The van der Waals surface area contributed by atoms with Crippen LogP contribution in [0.3, 0.4) is 0 Å². The molecule has 1 N–H and O–H groups in total. The molecule has 0 fully saturated rings. The van der Waals surface area contributed by atoms with Gasteiger partial charge in [0.05, 0.1) is 0 Å². The van der Waals surface area contributed by atoms with Gasteiger partial charge in [0.1, 0.15) is 5.69 Å². The summed E-state index contributed by atoms with van der Waals surface area (Å²) >= 11 is 0. The molecule has 0 bridgehead atoms. The van der Waals surface area contributed by atoms with Gasteiger partial charge in [-0.05, 0) is 55.8 Å². The smallest absolute Gasteiger partial charge is 0.258 e. The number of pyridine rings is 1. The number of nitrogens with zero attached hydrogens (tertiary/aromatic N) is 5. The Hall–Kier alpha value is -3.61. The number of anilines is 2. The standard InChI is InChI=1S/C19H16N6O/c1-12-6-8-20-16(10-12)17-24-18(26-25-17)14-4-3-5-15(11-14)23-19-21-9-7-13(2)22-19/h3-11H,1-2H3,(H,21,22,23). The Morgan fingerprint density at radius 1 is 0.923 bits per heavy atom. The number of aromatic nitrogens is 5. The Morgan fingerprint density at radius 2 is 1.81 bits per heavy atom. The predicted molar refractivity (Wildman–Crippen MR) is 97.8 cm³/mol. The zero-order valence-electron chi connectivity index (χ0n) is 14.3. The maximum Gasteiger partial charge on any atom is 0.258 e. The van der Waals surface area contributed by atoms with E-state index in [4.69, 9.17) is 4.52 Å². The van der Waals surface area contributed by atoms with Gasteiger partial charge in [-0.25, -0.2) is 9.97 Å². The summed E-state index contributed by atoms with van der Waals surface area (Å²) in [5, 5.41) is 7.21. The Morgan fingerprint density at radius 3 is 2.65 bits per heavy atom. The summed E-state index contributed by atoms with van der Waals surface area (Å²) in [6.07, 6.45) is 3.45. The van der Waals surface area contributed by atoms with Crippen molar-refractivity contribution in [1.82, 2.24) is 25.1 Å². The zero-order chi connectivity index (χ0) is 17.9. The molecule has 128 valence electrons. The molecule has 0 aliphatic rings. The third kappa shape index (κ3) is 3.41. The van der Waals surface area contributed by atoms with Crippen LogP contribution in [0.25, 0.3) is 23.0 Å². The first-order valence-electron chi connectivity index (χ1n) is 8.11. The van der Waals surface area contributed by atoms with Crippen molar-refractivity contribution < 1.29 is 4.52 Å². The lowest BCUT2D eigenvalue weighted by molar-refractivity contribution is 0.432. The summed E-state index contributed by atoms with van der Waals surface area (Å²) in [6.45, 7) is 3.91. The van der Waals surface area contributed by atoms with Gasteiger partial charge >= 0.3 is 0 Å². The van der Waals surface area contributed by atoms with Crippen LogP contribution in [0.1, 0.15) is 11.3 Å². The number of benzene rings is 1. The van der Waals surface area contributed by atoms with Gasteiger partial charge in [-0.15, -0.1) is 0 Å². The molecule has 26 heavy (non-hydrogen) atoms. The molecule has 0 unspecified atom stereocenters. The molecule has 0 aliphatic heterocycles. The van der Waals surface area contributed by atoms with E-state index in [9.17, 15) is 0 Å². The quantitative estimate of drug-likeness (QED) is 0.599. The lowest BCUT2D eigenvalue weighted by Gasteiger charge is -2.05. The second-order valence-electron chi connectivity index (χ2n) is 5.87. The molecule has 0 aliphatic carbocycles. The lowest BCUT2D eigenvalue weighted by Crippen LogP contribution is -1.97. The molecule has 1 aromatic carbocycles. The molecular weight excluding hydrogens is 328 g/mol. The predicted octanol–water partition coefficient (Wildman–Crippen LogP) is 3.95. The van der Waals surface area contributed by atoms with Gasteiger partial charge in [0.2, 0.25) is 11.8 Å². The maximum atomic E-state index is 5.41. The van der Waals surface area contributed by atoms with E-state index >= 15 is 0 Å². The minimum atomic E-state index is 0.428. The topological polar surface area (TPSA) is 89.6 Å². The third-order valence-corrected chi connectivity index (χ3v) is 3.73. The molecule has 7 heteroatoms. The Labute approximate surface area is 150 Å². The first-order chi connectivity index (χ1) is 12.7. The highest BCUT2D eigenvalue weighted by atomic mass is 16.5. The highest BCUT2D eigenvalue weighted by Crippen LogP contribution is 2.24. The van der Waals surface area contributed by atoms with Crippen LogP contribution in [0.15, 0.2) is 59.4 Å². The average molecular weight is 344 g/mol. The fourth-order valence-corrected chi connectivity index (χ4v) is 2.47. The molecule has 0 radical (unpaired) electrons. The van der Waals surface area contributed by atoms with E-state index in [1.165, 1.54) is 0 Å². The number of rotatable bonds is 4. The van der Waals surface area contributed by atoms with Crippen molar-refractivity contribution in [2.24, 2.45) is 0 Å².